The van der Waals surface area contributed by atoms with Gasteiger partial charge in [-0.3, -0.25) is 0 Å². The average molecular weight is 328 g/mol. The van der Waals surface area contributed by atoms with Crippen LogP contribution in [-0.2, 0) is 6.54 Å². The van der Waals surface area contributed by atoms with E-state index >= 15 is 0 Å². The van der Waals surface area contributed by atoms with E-state index in [4.69, 9.17) is 0 Å². The molecule has 0 saturated carbocycles. The van der Waals surface area contributed by atoms with Gasteiger partial charge in [0, 0.05) is 36.5 Å². The number of piperidine rings is 1. The van der Waals surface area contributed by atoms with Gasteiger partial charge in [0.1, 0.15) is 11.6 Å². The molecule has 0 spiro atoms. The molecule has 2 aromatic rings. The van der Waals surface area contributed by atoms with Crippen LogP contribution in [0.4, 0.5) is 16.2 Å². The van der Waals surface area contributed by atoms with Gasteiger partial charge < -0.3 is 10.2 Å². The first-order valence-corrected chi connectivity index (χ1v) is 8.77. The number of nitrogens with one attached hydrogen (secondary N) is 1. The number of nitrogens with zero attached hydrogens (tertiary/aromatic N) is 3. The van der Waals surface area contributed by atoms with Crippen LogP contribution in [0.5, 0.6) is 0 Å². The van der Waals surface area contributed by atoms with Crippen LogP contribution in [0.25, 0.3) is 0 Å². The molecular formula is C19H25FN4. The highest BCUT2D eigenvalue weighted by Gasteiger charge is 2.22. The number of anilines is 2. The summed E-state index contributed by atoms with van der Waals surface area (Å²) >= 11 is 0. The van der Waals surface area contributed by atoms with Crippen molar-refractivity contribution >= 4 is 11.8 Å². The monoisotopic (exact) mass is 328 g/mol. The molecule has 128 valence electrons. The molecule has 1 aromatic carbocycles. The second-order valence-electron chi connectivity index (χ2n) is 6.39. The summed E-state index contributed by atoms with van der Waals surface area (Å²) < 4.78 is 13.7. The molecule has 0 bridgehead atoms. The molecule has 0 radical (unpaired) electrons. The van der Waals surface area contributed by atoms with E-state index in [0.717, 1.165) is 24.5 Å². The van der Waals surface area contributed by atoms with Gasteiger partial charge in [0.2, 0.25) is 5.95 Å². The first-order valence-electron chi connectivity index (χ1n) is 8.77. The summed E-state index contributed by atoms with van der Waals surface area (Å²) in [6.07, 6.45) is 4.84. The van der Waals surface area contributed by atoms with Gasteiger partial charge in [-0.1, -0.05) is 25.1 Å². The minimum Gasteiger partial charge on any atom is -0.353 e. The normalized spacial score (nSPS) is 17.8. The van der Waals surface area contributed by atoms with Crippen molar-refractivity contribution in [1.82, 2.24) is 9.97 Å². The van der Waals surface area contributed by atoms with Gasteiger partial charge in [-0.05, 0) is 38.7 Å². The highest BCUT2D eigenvalue weighted by Crippen LogP contribution is 2.26. The Labute approximate surface area is 143 Å². The van der Waals surface area contributed by atoms with Crippen molar-refractivity contribution in [1.29, 1.82) is 0 Å². The summed E-state index contributed by atoms with van der Waals surface area (Å²) in [5.41, 5.74) is 1.55. The molecule has 4 nitrogen and oxygen atoms in total. The zero-order valence-electron chi connectivity index (χ0n) is 14.4. The molecule has 3 rings (SSSR count). The highest BCUT2D eigenvalue weighted by atomic mass is 19.1. The molecule has 24 heavy (non-hydrogen) atoms. The number of hydrogen-bond acceptors (Lipinski definition) is 4. The predicted molar refractivity (Wildman–Crippen MR) is 95.8 cm³/mol. The average Bonchev–Trinajstić information content (AvgIpc) is 2.60. The van der Waals surface area contributed by atoms with E-state index in [0.29, 0.717) is 24.1 Å². The van der Waals surface area contributed by atoms with E-state index in [1.165, 1.54) is 25.3 Å². The highest BCUT2D eigenvalue weighted by molar-refractivity contribution is 5.46. The number of halogens is 1. The molecule has 1 N–H and O–H groups in total. The Morgan fingerprint density at radius 2 is 2.08 bits per heavy atom. The summed E-state index contributed by atoms with van der Waals surface area (Å²) in [6, 6.07) is 9.37. The Bertz CT molecular complexity index is 689. The maximum Gasteiger partial charge on any atom is 0.225 e. The lowest BCUT2D eigenvalue weighted by atomic mass is 10.00. The summed E-state index contributed by atoms with van der Waals surface area (Å²) in [4.78, 5) is 11.5. The molecule has 1 fully saturated rings. The largest absolute Gasteiger partial charge is 0.353 e. The standard InChI is InChI=1S/C19H25FN4/c1-3-16-9-6-7-11-24(16)18-12-14(2)22-19(23-18)21-13-15-8-4-5-10-17(15)20/h4-5,8,10,12,16H,3,6-7,9,11,13H2,1-2H3,(H,21,22,23). The van der Waals surface area contributed by atoms with Gasteiger partial charge in [-0.2, -0.15) is 4.98 Å². The Balaban J connectivity index is 1.77. The molecule has 1 atom stereocenters. The van der Waals surface area contributed by atoms with Crippen molar-refractivity contribution in [2.24, 2.45) is 0 Å². The Kier molecular flexibility index (Phi) is 5.28. The van der Waals surface area contributed by atoms with Gasteiger partial charge in [-0.25, -0.2) is 9.37 Å². The van der Waals surface area contributed by atoms with Crippen LogP contribution in [0.3, 0.4) is 0 Å². The fraction of sp³-hybridized carbons (Fsp3) is 0.474. The van der Waals surface area contributed by atoms with E-state index in [1.807, 2.05) is 19.1 Å². The number of rotatable bonds is 5. The van der Waals surface area contributed by atoms with Gasteiger partial charge in [0.25, 0.3) is 0 Å². The summed E-state index contributed by atoms with van der Waals surface area (Å²) in [5, 5.41) is 3.17. The maximum atomic E-state index is 13.7. The quantitative estimate of drug-likeness (QED) is 0.888. The first kappa shape index (κ1) is 16.7. The Morgan fingerprint density at radius 3 is 2.88 bits per heavy atom. The van der Waals surface area contributed by atoms with Crippen molar-refractivity contribution in [2.75, 3.05) is 16.8 Å². The maximum absolute atomic E-state index is 13.7. The smallest absolute Gasteiger partial charge is 0.225 e. The van der Waals surface area contributed by atoms with E-state index in [1.54, 1.807) is 12.1 Å². The summed E-state index contributed by atoms with van der Waals surface area (Å²) in [7, 11) is 0. The number of benzene rings is 1. The number of aromatic nitrogens is 2. The molecule has 1 aliphatic heterocycles. The Hall–Kier alpha value is -2.17. The third kappa shape index (κ3) is 3.83. The van der Waals surface area contributed by atoms with Gasteiger partial charge in [-0.15, -0.1) is 0 Å². The van der Waals surface area contributed by atoms with E-state index in [9.17, 15) is 4.39 Å². The first-order chi connectivity index (χ1) is 11.7. The minimum absolute atomic E-state index is 0.208. The predicted octanol–water partition coefficient (Wildman–Crippen LogP) is 4.31. The second-order valence-corrected chi connectivity index (χ2v) is 6.39. The molecular weight excluding hydrogens is 303 g/mol. The van der Waals surface area contributed by atoms with Crippen LogP contribution in [0.15, 0.2) is 30.3 Å². The molecule has 2 heterocycles. The van der Waals surface area contributed by atoms with Crippen molar-refractivity contribution in [3.8, 4) is 0 Å². The molecule has 1 saturated heterocycles. The third-order valence-electron chi connectivity index (χ3n) is 4.63. The molecule has 1 unspecified atom stereocenters. The van der Waals surface area contributed by atoms with Crippen molar-refractivity contribution in [2.45, 2.75) is 52.1 Å². The van der Waals surface area contributed by atoms with E-state index in [-0.39, 0.29) is 5.82 Å². The minimum atomic E-state index is -0.208. The fourth-order valence-electron chi connectivity index (χ4n) is 3.32. The SMILES string of the molecule is CCC1CCCCN1c1cc(C)nc(NCc2ccccc2F)n1. The lowest BCUT2D eigenvalue weighted by molar-refractivity contribution is 0.446. The van der Waals surface area contributed by atoms with Gasteiger partial charge in [0.05, 0.1) is 0 Å². The van der Waals surface area contributed by atoms with Crippen LogP contribution >= 0.6 is 0 Å². The fourth-order valence-corrected chi connectivity index (χ4v) is 3.32. The molecule has 1 aromatic heterocycles. The zero-order valence-corrected chi connectivity index (χ0v) is 14.4. The lowest BCUT2D eigenvalue weighted by Gasteiger charge is -2.36. The van der Waals surface area contributed by atoms with Gasteiger partial charge >= 0.3 is 0 Å². The number of aryl methyl sites for hydroxylation is 1. The van der Waals surface area contributed by atoms with E-state index in [2.05, 4.69) is 27.1 Å². The second kappa shape index (κ2) is 7.60. The summed E-state index contributed by atoms with van der Waals surface area (Å²) in [6.45, 7) is 5.63. The van der Waals surface area contributed by atoms with Gasteiger partial charge in [0.15, 0.2) is 0 Å². The third-order valence-corrected chi connectivity index (χ3v) is 4.63. The number of hydrogen-bond donors (Lipinski definition) is 1. The van der Waals surface area contributed by atoms with Crippen LogP contribution in [-0.4, -0.2) is 22.6 Å². The molecule has 0 aliphatic carbocycles. The zero-order chi connectivity index (χ0) is 16.9. The van der Waals surface area contributed by atoms with Crippen molar-refractivity contribution in [3.05, 3.63) is 47.4 Å². The van der Waals surface area contributed by atoms with E-state index < -0.39 is 0 Å². The van der Waals surface area contributed by atoms with Crippen LogP contribution in [0, 0.1) is 12.7 Å². The van der Waals surface area contributed by atoms with Crippen LogP contribution in [0.2, 0.25) is 0 Å². The topological polar surface area (TPSA) is 41.1 Å². The molecule has 0 amide bonds. The van der Waals surface area contributed by atoms with Crippen LogP contribution in [0.1, 0.15) is 43.9 Å². The molecule has 5 heteroatoms. The van der Waals surface area contributed by atoms with Crippen molar-refractivity contribution in [3.63, 3.8) is 0 Å². The Morgan fingerprint density at radius 1 is 1.25 bits per heavy atom. The lowest BCUT2D eigenvalue weighted by Crippen LogP contribution is -2.39. The summed E-state index contributed by atoms with van der Waals surface area (Å²) in [5.74, 6) is 1.33. The van der Waals surface area contributed by atoms with Crippen molar-refractivity contribution < 1.29 is 4.39 Å². The molecule has 1 aliphatic rings. The van der Waals surface area contributed by atoms with Crippen LogP contribution < -0.4 is 10.2 Å².